The summed E-state index contributed by atoms with van der Waals surface area (Å²) in [6.45, 7) is 9.60. The number of hydrogen-bond acceptors (Lipinski definition) is 5. The Bertz CT molecular complexity index is 530. The van der Waals surface area contributed by atoms with Crippen LogP contribution in [0.15, 0.2) is 0 Å². The summed E-state index contributed by atoms with van der Waals surface area (Å²) in [5.41, 5.74) is 6.80. The van der Waals surface area contributed by atoms with Crippen molar-refractivity contribution in [2.24, 2.45) is 5.73 Å². The van der Waals surface area contributed by atoms with E-state index >= 15 is 0 Å². The van der Waals surface area contributed by atoms with Crippen LogP contribution in [0.3, 0.4) is 0 Å². The molecule has 0 radical (unpaired) electrons. The molecule has 118 valence electrons. The van der Waals surface area contributed by atoms with Gasteiger partial charge in [-0.25, -0.2) is 4.79 Å². The highest BCUT2D eigenvalue weighted by atomic mass is 32.1. The summed E-state index contributed by atoms with van der Waals surface area (Å²) in [6, 6.07) is 0. The van der Waals surface area contributed by atoms with E-state index in [1.165, 1.54) is 11.3 Å². The van der Waals surface area contributed by atoms with E-state index in [9.17, 15) is 9.59 Å². The molecular formula is C15H24N2O3S. The molecule has 0 aliphatic carbocycles. The molecule has 0 atom stereocenters. The van der Waals surface area contributed by atoms with Gasteiger partial charge in [-0.2, -0.15) is 0 Å². The lowest BCUT2D eigenvalue weighted by Gasteiger charge is -2.17. The van der Waals surface area contributed by atoms with Gasteiger partial charge in [-0.1, -0.05) is 0 Å². The Balaban J connectivity index is 2.86. The maximum absolute atomic E-state index is 12.0. The van der Waals surface area contributed by atoms with Crippen molar-refractivity contribution in [1.82, 2.24) is 0 Å². The van der Waals surface area contributed by atoms with Gasteiger partial charge in [0.2, 0.25) is 5.91 Å². The van der Waals surface area contributed by atoms with Crippen molar-refractivity contribution in [2.45, 2.75) is 53.0 Å². The lowest BCUT2D eigenvalue weighted by molar-refractivity contribution is -0.116. The van der Waals surface area contributed by atoms with Crippen LogP contribution in [0.2, 0.25) is 0 Å². The van der Waals surface area contributed by atoms with Crippen molar-refractivity contribution in [2.75, 3.05) is 11.9 Å². The predicted octanol–water partition coefficient (Wildman–Crippen LogP) is 3.00. The van der Waals surface area contributed by atoms with E-state index in [0.29, 0.717) is 30.0 Å². The fourth-order valence-electron chi connectivity index (χ4n) is 1.79. The fourth-order valence-corrected chi connectivity index (χ4v) is 2.85. The van der Waals surface area contributed by atoms with E-state index in [-0.39, 0.29) is 11.4 Å². The van der Waals surface area contributed by atoms with Crippen LogP contribution >= 0.6 is 11.3 Å². The maximum Gasteiger partial charge on any atom is 0.341 e. The SMILES string of the molecule is CCOC(=O)c1c(NC(=O)CCC(C)(C)N)sc(C)c1C. The zero-order chi connectivity index (χ0) is 16.2. The molecule has 1 aromatic rings. The molecule has 0 saturated carbocycles. The van der Waals surface area contributed by atoms with Gasteiger partial charge >= 0.3 is 5.97 Å². The smallest absolute Gasteiger partial charge is 0.341 e. The average Bonchev–Trinajstić information content (AvgIpc) is 2.62. The minimum Gasteiger partial charge on any atom is -0.462 e. The van der Waals surface area contributed by atoms with E-state index in [4.69, 9.17) is 10.5 Å². The second-order valence-corrected chi connectivity index (χ2v) is 6.97. The lowest BCUT2D eigenvalue weighted by atomic mass is 10.00. The Hall–Kier alpha value is -1.40. The van der Waals surface area contributed by atoms with Crippen LogP contribution < -0.4 is 11.1 Å². The number of thiophene rings is 1. The maximum atomic E-state index is 12.0. The molecule has 21 heavy (non-hydrogen) atoms. The summed E-state index contributed by atoms with van der Waals surface area (Å²) in [5, 5.41) is 3.37. The van der Waals surface area contributed by atoms with Crippen molar-refractivity contribution in [3.63, 3.8) is 0 Å². The molecule has 0 unspecified atom stereocenters. The second-order valence-electron chi connectivity index (χ2n) is 5.74. The molecule has 3 N–H and O–H groups in total. The third-order valence-corrected chi connectivity index (χ3v) is 4.24. The van der Waals surface area contributed by atoms with E-state index in [1.54, 1.807) is 6.92 Å². The summed E-state index contributed by atoms with van der Waals surface area (Å²) >= 11 is 1.39. The van der Waals surface area contributed by atoms with Crippen molar-refractivity contribution >= 4 is 28.2 Å². The van der Waals surface area contributed by atoms with Gasteiger partial charge in [-0.05, 0) is 46.6 Å². The zero-order valence-electron chi connectivity index (χ0n) is 13.3. The molecule has 5 nitrogen and oxygen atoms in total. The van der Waals surface area contributed by atoms with Gasteiger partial charge in [0.15, 0.2) is 0 Å². The Morgan fingerprint density at radius 3 is 2.48 bits per heavy atom. The third kappa shape index (κ3) is 5.13. The van der Waals surface area contributed by atoms with Crippen LogP contribution in [0, 0.1) is 13.8 Å². The quantitative estimate of drug-likeness (QED) is 0.791. The number of amides is 1. The number of anilines is 1. The monoisotopic (exact) mass is 312 g/mol. The summed E-state index contributed by atoms with van der Waals surface area (Å²) in [7, 11) is 0. The van der Waals surface area contributed by atoms with Crippen LogP contribution in [0.1, 0.15) is 54.4 Å². The molecule has 0 spiro atoms. The Kier molecular flexibility index (Phi) is 5.92. The fraction of sp³-hybridized carbons (Fsp3) is 0.600. The van der Waals surface area contributed by atoms with Crippen LogP contribution in [0.4, 0.5) is 5.00 Å². The first kappa shape index (κ1) is 17.7. The summed E-state index contributed by atoms with van der Waals surface area (Å²) < 4.78 is 5.05. The van der Waals surface area contributed by atoms with E-state index in [2.05, 4.69) is 5.32 Å². The first-order valence-electron chi connectivity index (χ1n) is 7.01. The van der Waals surface area contributed by atoms with E-state index < -0.39 is 5.97 Å². The lowest BCUT2D eigenvalue weighted by Crippen LogP contribution is -2.33. The van der Waals surface area contributed by atoms with Crippen LogP contribution in [0.25, 0.3) is 0 Å². The molecule has 0 fully saturated rings. The van der Waals surface area contributed by atoms with Gasteiger partial charge in [0.25, 0.3) is 0 Å². The number of ether oxygens (including phenoxy) is 1. The minimum atomic E-state index is -0.395. The van der Waals surface area contributed by atoms with Crippen molar-refractivity contribution in [1.29, 1.82) is 0 Å². The number of nitrogens with two attached hydrogens (primary N) is 1. The highest BCUT2D eigenvalue weighted by molar-refractivity contribution is 7.16. The van der Waals surface area contributed by atoms with Gasteiger partial charge in [0.1, 0.15) is 5.00 Å². The number of nitrogens with one attached hydrogen (secondary N) is 1. The molecule has 1 amide bonds. The minimum absolute atomic E-state index is 0.139. The van der Waals surface area contributed by atoms with E-state index in [1.807, 2.05) is 27.7 Å². The second kappa shape index (κ2) is 7.04. The van der Waals surface area contributed by atoms with Gasteiger partial charge in [-0.3, -0.25) is 4.79 Å². The summed E-state index contributed by atoms with van der Waals surface area (Å²) in [5.74, 6) is -0.533. The summed E-state index contributed by atoms with van der Waals surface area (Å²) in [6.07, 6.45) is 0.901. The van der Waals surface area contributed by atoms with Crippen molar-refractivity contribution in [3.05, 3.63) is 16.0 Å². The number of carbonyl (C=O) groups excluding carboxylic acids is 2. The summed E-state index contributed by atoms with van der Waals surface area (Å²) in [4.78, 5) is 25.0. The average molecular weight is 312 g/mol. The van der Waals surface area contributed by atoms with Gasteiger partial charge in [0, 0.05) is 16.8 Å². The molecule has 0 aliphatic rings. The molecule has 0 aliphatic heterocycles. The topological polar surface area (TPSA) is 81.4 Å². The Morgan fingerprint density at radius 1 is 1.33 bits per heavy atom. The Morgan fingerprint density at radius 2 is 1.95 bits per heavy atom. The van der Waals surface area contributed by atoms with Gasteiger partial charge < -0.3 is 15.8 Å². The largest absolute Gasteiger partial charge is 0.462 e. The zero-order valence-corrected chi connectivity index (χ0v) is 14.1. The van der Waals surface area contributed by atoms with Crippen LogP contribution in [-0.2, 0) is 9.53 Å². The molecule has 0 saturated heterocycles. The Labute approximate surface area is 129 Å². The molecule has 0 aromatic carbocycles. The molecule has 1 aromatic heterocycles. The molecular weight excluding hydrogens is 288 g/mol. The van der Waals surface area contributed by atoms with Crippen LogP contribution in [0.5, 0.6) is 0 Å². The number of rotatable bonds is 6. The highest BCUT2D eigenvalue weighted by Crippen LogP contribution is 2.33. The van der Waals surface area contributed by atoms with Gasteiger partial charge in [-0.15, -0.1) is 11.3 Å². The van der Waals surface area contributed by atoms with Crippen LogP contribution in [-0.4, -0.2) is 24.0 Å². The third-order valence-electron chi connectivity index (χ3n) is 3.11. The molecule has 0 bridgehead atoms. The van der Waals surface area contributed by atoms with Crippen molar-refractivity contribution in [3.8, 4) is 0 Å². The number of carbonyl (C=O) groups is 2. The highest BCUT2D eigenvalue weighted by Gasteiger charge is 2.22. The number of esters is 1. The number of aryl methyl sites for hydroxylation is 1. The van der Waals surface area contributed by atoms with E-state index in [0.717, 1.165) is 10.4 Å². The van der Waals surface area contributed by atoms with Gasteiger partial charge in [0.05, 0.1) is 12.2 Å². The standard InChI is InChI=1S/C15H24N2O3S/c1-6-20-14(19)12-9(2)10(3)21-13(12)17-11(18)7-8-15(4,5)16/h6-8,16H2,1-5H3,(H,17,18). The molecule has 1 rings (SSSR count). The number of hydrogen-bond donors (Lipinski definition) is 2. The molecule has 1 heterocycles. The molecule has 6 heteroatoms. The van der Waals surface area contributed by atoms with Crippen molar-refractivity contribution < 1.29 is 14.3 Å². The normalized spacial score (nSPS) is 11.3. The predicted molar refractivity (Wildman–Crippen MR) is 85.9 cm³/mol. The first-order chi connectivity index (χ1) is 9.65. The first-order valence-corrected chi connectivity index (χ1v) is 7.83.